The molecule has 31 heavy (non-hydrogen) atoms. The summed E-state index contributed by atoms with van der Waals surface area (Å²) in [5.74, 6) is 0.746. The minimum absolute atomic E-state index is 0.0599. The molecule has 0 saturated carbocycles. The maximum atomic E-state index is 12.2. The van der Waals surface area contributed by atoms with Gasteiger partial charge in [0, 0.05) is 16.3 Å². The molecule has 1 N–H and O–H groups in total. The number of para-hydroxylation sites is 1. The quantitative estimate of drug-likeness (QED) is 0.259. The summed E-state index contributed by atoms with van der Waals surface area (Å²) in [7, 11) is -2.02. The van der Waals surface area contributed by atoms with Crippen LogP contribution >= 0.6 is 11.6 Å². The average molecular weight is 453 g/mol. The van der Waals surface area contributed by atoms with Crippen LogP contribution in [0.25, 0.3) is 33.1 Å². The van der Waals surface area contributed by atoms with E-state index in [0.29, 0.717) is 16.8 Å². The lowest BCUT2D eigenvalue weighted by atomic mass is 10.1. The lowest BCUT2D eigenvalue weighted by Crippen LogP contribution is -2.43. The monoisotopic (exact) mass is 452 g/mol. The first kappa shape index (κ1) is 21.4. The van der Waals surface area contributed by atoms with Crippen LogP contribution < -0.4 is 4.43 Å². The maximum absolute atomic E-state index is 12.2. The van der Waals surface area contributed by atoms with Gasteiger partial charge in [0.05, 0.1) is 16.7 Å². The smallest absolute Gasteiger partial charge is 0.416 e. The largest absolute Gasteiger partial charge is 0.543 e. The Morgan fingerprint density at radius 2 is 1.77 bits per heavy atom. The Morgan fingerprint density at radius 3 is 2.45 bits per heavy atom. The second-order valence-corrected chi connectivity index (χ2v) is 14.3. The van der Waals surface area contributed by atoms with Gasteiger partial charge in [0.25, 0.3) is 0 Å². The van der Waals surface area contributed by atoms with Crippen LogP contribution in [0.15, 0.2) is 54.6 Å². The van der Waals surface area contributed by atoms with Crippen LogP contribution in [0.4, 0.5) is 4.79 Å². The summed E-state index contributed by atoms with van der Waals surface area (Å²) in [5.41, 5.74) is 2.40. The number of fused-ring (bicyclic) bond motifs is 2. The van der Waals surface area contributed by atoms with E-state index in [9.17, 15) is 9.90 Å². The summed E-state index contributed by atoms with van der Waals surface area (Å²) in [6.45, 7) is 10.9. The Labute approximate surface area is 187 Å². The Kier molecular flexibility index (Phi) is 5.10. The van der Waals surface area contributed by atoms with Crippen LogP contribution in [0, 0.1) is 0 Å². The molecule has 0 fully saturated rings. The van der Waals surface area contributed by atoms with Gasteiger partial charge in [-0.1, -0.05) is 50.6 Å². The van der Waals surface area contributed by atoms with Crippen LogP contribution in [-0.4, -0.2) is 29.1 Å². The summed E-state index contributed by atoms with van der Waals surface area (Å²) in [5, 5.41) is 12.0. The molecule has 2 aromatic carbocycles. The fraction of sp³-hybridized carbons (Fsp3) is 0.250. The van der Waals surface area contributed by atoms with Gasteiger partial charge in [-0.05, 0) is 54.5 Å². The maximum Gasteiger partial charge on any atom is 0.416 e. The molecule has 0 amide bonds. The standard InChI is InChI=1S/C24H25ClN2O3Si/c1-24(2,3)31(4,5)30-17-10-11-20-16(12-17)14-21(27(20)23(28)29)18-13-15-8-6-7-9-19(15)26-22(18)25/h6-14H,1-5H3,(H,28,29). The average Bonchev–Trinajstić information content (AvgIpc) is 3.04. The molecular formula is C24H25ClN2O3Si. The van der Waals surface area contributed by atoms with Crippen LogP contribution in [0.1, 0.15) is 20.8 Å². The number of benzene rings is 2. The number of nitrogens with zero attached hydrogens (tertiary/aromatic N) is 2. The first-order valence-corrected chi connectivity index (χ1v) is 13.4. The molecule has 0 saturated heterocycles. The van der Waals surface area contributed by atoms with Crippen molar-refractivity contribution in [2.75, 3.05) is 0 Å². The van der Waals surface area contributed by atoms with E-state index >= 15 is 0 Å². The van der Waals surface area contributed by atoms with E-state index in [1.165, 1.54) is 4.57 Å². The molecule has 5 nitrogen and oxygen atoms in total. The number of hydrogen-bond donors (Lipinski definition) is 1. The molecule has 0 bridgehead atoms. The van der Waals surface area contributed by atoms with Gasteiger partial charge in [-0.25, -0.2) is 14.3 Å². The van der Waals surface area contributed by atoms with Gasteiger partial charge in [0.15, 0.2) is 0 Å². The number of halogens is 1. The highest BCUT2D eigenvalue weighted by Crippen LogP contribution is 2.39. The van der Waals surface area contributed by atoms with Crippen molar-refractivity contribution in [3.63, 3.8) is 0 Å². The lowest BCUT2D eigenvalue weighted by molar-refractivity contribution is 0.198. The molecule has 0 aliphatic carbocycles. The molecule has 0 unspecified atom stereocenters. The van der Waals surface area contributed by atoms with Crippen molar-refractivity contribution >= 4 is 47.8 Å². The van der Waals surface area contributed by atoms with Crippen molar-refractivity contribution in [2.24, 2.45) is 0 Å². The first-order valence-electron chi connectivity index (χ1n) is 10.1. The molecule has 160 valence electrons. The Balaban J connectivity index is 1.88. The van der Waals surface area contributed by atoms with Gasteiger partial charge >= 0.3 is 6.09 Å². The second kappa shape index (κ2) is 7.39. The van der Waals surface area contributed by atoms with E-state index in [1.54, 1.807) is 6.07 Å². The third kappa shape index (κ3) is 3.81. The number of carboxylic acid groups (broad SMARTS) is 1. The summed E-state index contributed by atoms with van der Waals surface area (Å²) < 4.78 is 7.67. The van der Waals surface area contributed by atoms with Crippen LogP contribution in [0.5, 0.6) is 5.75 Å². The van der Waals surface area contributed by atoms with Crippen molar-refractivity contribution in [3.8, 4) is 17.0 Å². The minimum Gasteiger partial charge on any atom is -0.543 e. The second-order valence-electron chi connectivity index (χ2n) is 9.25. The molecule has 0 radical (unpaired) electrons. The lowest BCUT2D eigenvalue weighted by Gasteiger charge is -2.36. The number of pyridine rings is 1. The number of hydrogen-bond acceptors (Lipinski definition) is 3. The van der Waals surface area contributed by atoms with Gasteiger partial charge in [-0.2, -0.15) is 0 Å². The number of aromatic nitrogens is 2. The SMILES string of the molecule is CC(C)(C)[Si](C)(C)Oc1ccc2c(c1)cc(-c1cc3ccccc3nc1Cl)n2C(=O)O. The van der Waals surface area contributed by atoms with Gasteiger partial charge in [-0.3, -0.25) is 0 Å². The summed E-state index contributed by atoms with van der Waals surface area (Å²) in [4.78, 5) is 16.6. The van der Waals surface area contributed by atoms with E-state index < -0.39 is 14.4 Å². The summed E-state index contributed by atoms with van der Waals surface area (Å²) in [6.07, 6.45) is -1.08. The van der Waals surface area contributed by atoms with Crippen molar-refractivity contribution in [3.05, 3.63) is 59.8 Å². The summed E-state index contributed by atoms with van der Waals surface area (Å²) in [6, 6.07) is 16.9. The predicted octanol–water partition coefficient (Wildman–Crippen LogP) is 7.42. The predicted molar refractivity (Wildman–Crippen MR) is 129 cm³/mol. The third-order valence-corrected chi connectivity index (χ3v) is 10.7. The van der Waals surface area contributed by atoms with Gasteiger partial charge in [0.1, 0.15) is 10.9 Å². The van der Waals surface area contributed by atoms with E-state index in [-0.39, 0.29) is 10.2 Å². The fourth-order valence-corrected chi connectivity index (χ4v) is 4.65. The molecule has 0 spiro atoms. The zero-order valence-corrected chi connectivity index (χ0v) is 20.0. The van der Waals surface area contributed by atoms with E-state index in [0.717, 1.165) is 22.0 Å². The molecule has 4 rings (SSSR count). The third-order valence-electron chi connectivity index (χ3n) is 6.10. The number of carbonyl (C=O) groups is 1. The highest BCUT2D eigenvalue weighted by atomic mass is 35.5. The Morgan fingerprint density at radius 1 is 1.06 bits per heavy atom. The van der Waals surface area contributed by atoms with Crippen molar-refractivity contribution < 1.29 is 14.3 Å². The number of rotatable bonds is 3. The normalized spacial score (nSPS) is 12.5. The van der Waals surface area contributed by atoms with Crippen LogP contribution in [0.3, 0.4) is 0 Å². The molecule has 0 aliphatic rings. The molecule has 2 aromatic heterocycles. The Bertz CT molecular complexity index is 1320. The van der Waals surface area contributed by atoms with E-state index in [1.807, 2.05) is 48.5 Å². The first-order chi connectivity index (χ1) is 14.5. The molecule has 0 aliphatic heterocycles. The van der Waals surface area contributed by atoms with Gasteiger partial charge in [-0.15, -0.1) is 0 Å². The molecule has 2 heterocycles. The van der Waals surface area contributed by atoms with E-state index in [4.69, 9.17) is 16.0 Å². The molecule has 4 aromatic rings. The topological polar surface area (TPSA) is 64.4 Å². The van der Waals surface area contributed by atoms with Crippen molar-refractivity contribution in [1.82, 2.24) is 9.55 Å². The highest BCUT2D eigenvalue weighted by molar-refractivity contribution is 6.74. The molecule has 7 heteroatoms. The highest BCUT2D eigenvalue weighted by Gasteiger charge is 2.39. The van der Waals surface area contributed by atoms with Crippen LogP contribution in [-0.2, 0) is 0 Å². The van der Waals surface area contributed by atoms with E-state index in [2.05, 4.69) is 38.8 Å². The van der Waals surface area contributed by atoms with Gasteiger partial charge in [0.2, 0.25) is 8.32 Å². The Hall–Kier alpha value is -2.83. The zero-order valence-electron chi connectivity index (χ0n) is 18.2. The minimum atomic E-state index is -2.02. The van der Waals surface area contributed by atoms with Crippen molar-refractivity contribution in [1.29, 1.82) is 0 Å². The molecular weight excluding hydrogens is 428 g/mol. The fourth-order valence-electron chi connectivity index (χ4n) is 3.38. The zero-order chi connectivity index (χ0) is 22.6. The van der Waals surface area contributed by atoms with Gasteiger partial charge < -0.3 is 9.53 Å². The van der Waals surface area contributed by atoms with Crippen LogP contribution in [0.2, 0.25) is 23.3 Å². The summed E-state index contributed by atoms with van der Waals surface area (Å²) >= 11 is 6.47. The molecule has 0 atom stereocenters. The van der Waals surface area contributed by atoms with Crippen molar-refractivity contribution in [2.45, 2.75) is 38.9 Å².